The third-order valence-corrected chi connectivity index (χ3v) is 4.34. The number of hydrogen-bond acceptors (Lipinski definition) is 4. The summed E-state index contributed by atoms with van der Waals surface area (Å²) in [6, 6.07) is 6.82. The van der Waals surface area contributed by atoms with E-state index >= 15 is 0 Å². The smallest absolute Gasteiger partial charge is 0.223 e. The first kappa shape index (κ1) is 17.5. The van der Waals surface area contributed by atoms with Gasteiger partial charge >= 0.3 is 0 Å². The van der Waals surface area contributed by atoms with Crippen LogP contribution in [0.4, 0.5) is 0 Å². The highest BCUT2D eigenvalue weighted by Crippen LogP contribution is 2.12. The van der Waals surface area contributed by atoms with Crippen LogP contribution in [-0.2, 0) is 20.6 Å². The number of benzene rings is 1. The molecule has 0 heterocycles. The summed E-state index contributed by atoms with van der Waals surface area (Å²) in [6.07, 6.45) is 0.114. The number of thiocarbonyl (C=S) groups is 1. The summed E-state index contributed by atoms with van der Waals surface area (Å²) in [6.45, 7) is 0.0641. The summed E-state index contributed by atoms with van der Waals surface area (Å²) in [4.78, 5) is 13.0. The Morgan fingerprint density at radius 1 is 1.33 bits per heavy atom. The Morgan fingerprint density at radius 3 is 2.52 bits per heavy atom. The summed E-state index contributed by atoms with van der Waals surface area (Å²) in [5.74, 6) is -0.363. The lowest BCUT2D eigenvalue weighted by atomic mass is 10.1. The number of carbonyl (C=O) groups is 1. The van der Waals surface area contributed by atoms with Crippen molar-refractivity contribution in [1.29, 1.82) is 0 Å². The quantitative estimate of drug-likeness (QED) is 0.698. The van der Waals surface area contributed by atoms with Crippen LogP contribution in [0.3, 0.4) is 0 Å². The van der Waals surface area contributed by atoms with E-state index in [1.165, 1.54) is 4.90 Å². The Morgan fingerprint density at radius 2 is 1.95 bits per heavy atom. The standard InChI is InChI=1S/C13H19N3O3S2/c1-16(2)12(17)7-8-15-21(18,19)9-10-5-3-4-6-11(10)13(14)20/h3-6,15H,7-9H2,1-2H3,(H2,14,20). The molecule has 6 nitrogen and oxygen atoms in total. The molecule has 0 saturated heterocycles. The summed E-state index contributed by atoms with van der Waals surface area (Å²) in [7, 11) is -0.307. The van der Waals surface area contributed by atoms with Gasteiger partial charge in [0.2, 0.25) is 15.9 Å². The first-order valence-corrected chi connectivity index (χ1v) is 8.34. The van der Waals surface area contributed by atoms with E-state index in [0.29, 0.717) is 11.1 Å². The molecule has 0 atom stereocenters. The molecule has 116 valence electrons. The molecule has 0 unspecified atom stereocenters. The predicted octanol–water partition coefficient (Wildman–Crippen LogP) is 0.219. The summed E-state index contributed by atoms with van der Waals surface area (Å²) < 4.78 is 26.4. The molecule has 0 aliphatic carbocycles. The number of amides is 1. The van der Waals surface area contributed by atoms with Gasteiger partial charge in [0.15, 0.2) is 0 Å². The van der Waals surface area contributed by atoms with E-state index in [1.807, 2.05) is 0 Å². The molecule has 0 radical (unpaired) electrons. The molecule has 21 heavy (non-hydrogen) atoms. The summed E-state index contributed by atoms with van der Waals surface area (Å²) >= 11 is 4.90. The van der Waals surface area contributed by atoms with Gasteiger partial charge in [-0.2, -0.15) is 0 Å². The minimum Gasteiger partial charge on any atom is -0.389 e. The molecule has 8 heteroatoms. The first-order chi connectivity index (χ1) is 9.73. The maximum Gasteiger partial charge on any atom is 0.223 e. The third kappa shape index (κ3) is 5.78. The lowest BCUT2D eigenvalue weighted by Crippen LogP contribution is -2.31. The Balaban J connectivity index is 2.69. The molecule has 1 aromatic carbocycles. The van der Waals surface area contributed by atoms with Crippen LogP contribution in [0.15, 0.2) is 24.3 Å². The number of carbonyl (C=O) groups excluding carboxylic acids is 1. The van der Waals surface area contributed by atoms with Gasteiger partial charge in [-0.1, -0.05) is 36.5 Å². The van der Waals surface area contributed by atoms with Crippen LogP contribution < -0.4 is 10.5 Å². The van der Waals surface area contributed by atoms with Gasteiger partial charge in [-0.15, -0.1) is 0 Å². The number of rotatable bonds is 7. The molecule has 0 aliphatic rings. The molecular weight excluding hydrogens is 310 g/mol. The van der Waals surface area contributed by atoms with Crippen molar-refractivity contribution < 1.29 is 13.2 Å². The van der Waals surface area contributed by atoms with E-state index in [4.69, 9.17) is 18.0 Å². The van der Waals surface area contributed by atoms with Crippen LogP contribution in [0.25, 0.3) is 0 Å². The zero-order valence-corrected chi connectivity index (χ0v) is 13.6. The average Bonchev–Trinajstić information content (AvgIpc) is 2.38. The van der Waals surface area contributed by atoms with Gasteiger partial charge in [0.05, 0.1) is 5.75 Å². The maximum atomic E-state index is 12.0. The second-order valence-corrected chi connectivity index (χ2v) is 6.96. The molecule has 0 aromatic heterocycles. The third-order valence-electron chi connectivity index (χ3n) is 2.79. The Hall–Kier alpha value is -1.51. The number of nitrogens with zero attached hydrogens (tertiary/aromatic N) is 1. The van der Waals surface area contributed by atoms with Crippen molar-refractivity contribution in [2.75, 3.05) is 20.6 Å². The van der Waals surface area contributed by atoms with E-state index in [9.17, 15) is 13.2 Å². The van der Waals surface area contributed by atoms with E-state index in [1.54, 1.807) is 38.4 Å². The molecule has 0 saturated carbocycles. The van der Waals surface area contributed by atoms with Crippen molar-refractivity contribution in [2.24, 2.45) is 5.73 Å². The van der Waals surface area contributed by atoms with Crippen LogP contribution in [0.1, 0.15) is 17.5 Å². The topological polar surface area (TPSA) is 92.5 Å². The van der Waals surface area contributed by atoms with Crippen LogP contribution >= 0.6 is 12.2 Å². The molecule has 0 bridgehead atoms. The number of hydrogen-bond donors (Lipinski definition) is 2. The van der Waals surface area contributed by atoms with Gasteiger partial charge in [0.25, 0.3) is 0 Å². The van der Waals surface area contributed by atoms with Crippen molar-refractivity contribution in [1.82, 2.24) is 9.62 Å². The van der Waals surface area contributed by atoms with Crippen LogP contribution in [0.5, 0.6) is 0 Å². The highest BCUT2D eigenvalue weighted by Gasteiger charge is 2.15. The molecule has 1 rings (SSSR count). The lowest BCUT2D eigenvalue weighted by molar-refractivity contribution is -0.128. The Bertz CT molecular complexity index is 627. The minimum atomic E-state index is -3.55. The fraction of sp³-hybridized carbons (Fsp3) is 0.385. The van der Waals surface area contributed by atoms with Gasteiger partial charge < -0.3 is 10.6 Å². The number of sulfonamides is 1. The van der Waals surface area contributed by atoms with Gasteiger partial charge in [0, 0.05) is 32.6 Å². The molecular formula is C13H19N3O3S2. The summed E-state index contributed by atoms with van der Waals surface area (Å²) in [5, 5.41) is 0. The molecule has 3 N–H and O–H groups in total. The molecule has 0 spiro atoms. The van der Waals surface area contributed by atoms with Gasteiger partial charge in [-0.3, -0.25) is 4.79 Å². The highest BCUT2D eigenvalue weighted by atomic mass is 32.2. The van der Waals surface area contributed by atoms with E-state index in [-0.39, 0.29) is 29.6 Å². The van der Waals surface area contributed by atoms with Gasteiger partial charge in [-0.05, 0) is 5.56 Å². The van der Waals surface area contributed by atoms with Gasteiger partial charge in [-0.25, -0.2) is 13.1 Å². The predicted molar refractivity (Wildman–Crippen MR) is 86.3 cm³/mol. The monoisotopic (exact) mass is 329 g/mol. The SMILES string of the molecule is CN(C)C(=O)CCNS(=O)(=O)Cc1ccccc1C(N)=S. The van der Waals surface area contributed by atoms with Crippen LogP contribution in [0, 0.1) is 0 Å². The lowest BCUT2D eigenvalue weighted by Gasteiger charge is -2.12. The van der Waals surface area contributed by atoms with Crippen molar-refractivity contribution in [3.8, 4) is 0 Å². The van der Waals surface area contributed by atoms with Crippen LogP contribution in [0.2, 0.25) is 0 Å². The zero-order valence-electron chi connectivity index (χ0n) is 12.0. The molecule has 0 fully saturated rings. The molecule has 1 aromatic rings. The maximum absolute atomic E-state index is 12.0. The second-order valence-electron chi connectivity index (χ2n) is 4.71. The van der Waals surface area contributed by atoms with Crippen molar-refractivity contribution >= 4 is 33.1 Å². The Labute approximate surface area is 130 Å². The minimum absolute atomic E-state index is 0.0641. The van der Waals surface area contributed by atoms with Crippen molar-refractivity contribution in [3.05, 3.63) is 35.4 Å². The average molecular weight is 329 g/mol. The van der Waals surface area contributed by atoms with E-state index < -0.39 is 10.0 Å². The largest absolute Gasteiger partial charge is 0.389 e. The number of nitrogens with one attached hydrogen (secondary N) is 1. The fourth-order valence-electron chi connectivity index (χ4n) is 1.68. The van der Waals surface area contributed by atoms with E-state index in [2.05, 4.69) is 4.72 Å². The number of nitrogens with two attached hydrogens (primary N) is 1. The van der Waals surface area contributed by atoms with Crippen molar-refractivity contribution in [2.45, 2.75) is 12.2 Å². The fourth-order valence-corrected chi connectivity index (χ4v) is 3.05. The summed E-state index contributed by atoms with van der Waals surface area (Å²) in [5.41, 5.74) is 6.65. The zero-order chi connectivity index (χ0) is 16.0. The van der Waals surface area contributed by atoms with E-state index in [0.717, 1.165) is 0 Å². The molecule has 1 amide bonds. The molecule has 0 aliphatic heterocycles. The normalized spacial score (nSPS) is 11.1. The van der Waals surface area contributed by atoms with Gasteiger partial charge in [0.1, 0.15) is 4.99 Å². The Kier molecular flexibility index (Phi) is 6.25. The van der Waals surface area contributed by atoms with Crippen LogP contribution in [-0.4, -0.2) is 44.9 Å². The van der Waals surface area contributed by atoms with Crippen molar-refractivity contribution in [3.63, 3.8) is 0 Å². The highest BCUT2D eigenvalue weighted by molar-refractivity contribution is 7.88. The first-order valence-electron chi connectivity index (χ1n) is 6.28. The second kappa shape index (κ2) is 7.48.